The minimum Gasteiger partial charge on any atom is -0.378 e. The van der Waals surface area contributed by atoms with Gasteiger partial charge in [-0.15, -0.1) is 0 Å². The smallest absolute Gasteiger partial charge is 0.256 e. The molecular formula is C16H17NO2. The second-order valence-corrected chi connectivity index (χ2v) is 4.49. The summed E-state index contributed by atoms with van der Waals surface area (Å²) in [7, 11) is 1.70. The zero-order valence-corrected chi connectivity index (χ0v) is 10.9. The van der Waals surface area contributed by atoms with E-state index in [1.54, 1.807) is 19.2 Å². The molecule has 19 heavy (non-hydrogen) atoms. The summed E-state index contributed by atoms with van der Waals surface area (Å²) in [5.74, 6) is -0.296. The summed E-state index contributed by atoms with van der Waals surface area (Å²) in [6, 6.07) is 18.7. The topological polar surface area (TPSA) is 40.5 Å². The van der Waals surface area contributed by atoms with Crippen LogP contribution in [0.25, 0.3) is 0 Å². The van der Waals surface area contributed by atoms with Crippen LogP contribution in [0, 0.1) is 0 Å². The van der Waals surface area contributed by atoms with Gasteiger partial charge in [0.15, 0.2) is 6.10 Å². The maximum absolute atomic E-state index is 12.1. The first kappa shape index (κ1) is 13.3. The van der Waals surface area contributed by atoms with E-state index in [1.165, 1.54) is 4.90 Å². The molecule has 2 rings (SSSR count). The summed E-state index contributed by atoms with van der Waals surface area (Å²) in [4.78, 5) is 13.7. The van der Waals surface area contributed by atoms with E-state index >= 15 is 0 Å². The summed E-state index contributed by atoms with van der Waals surface area (Å²) >= 11 is 0. The number of carbonyl (C=O) groups is 1. The molecule has 0 aliphatic heterocycles. The van der Waals surface area contributed by atoms with E-state index in [-0.39, 0.29) is 5.91 Å². The number of hydrogen-bond donors (Lipinski definition) is 1. The van der Waals surface area contributed by atoms with Crippen LogP contribution in [0.1, 0.15) is 17.2 Å². The van der Waals surface area contributed by atoms with Gasteiger partial charge in [0.25, 0.3) is 5.91 Å². The fourth-order valence-electron chi connectivity index (χ4n) is 1.92. The van der Waals surface area contributed by atoms with Crippen molar-refractivity contribution >= 4 is 5.91 Å². The second-order valence-electron chi connectivity index (χ2n) is 4.49. The van der Waals surface area contributed by atoms with E-state index < -0.39 is 6.10 Å². The summed E-state index contributed by atoms with van der Waals surface area (Å²) in [5.41, 5.74) is 1.66. The first-order chi connectivity index (χ1) is 9.18. The highest BCUT2D eigenvalue weighted by Crippen LogP contribution is 2.15. The zero-order chi connectivity index (χ0) is 13.7. The molecule has 98 valence electrons. The third kappa shape index (κ3) is 3.42. The van der Waals surface area contributed by atoms with Gasteiger partial charge < -0.3 is 10.0 Å². The van der Waals surface area contributed by atoms with Gasteiger partial charge in [-0.05, 0) is 11.1 Å². The average molecular weight is 255 g/mol. The van der Waals surface area contributed by atoms with Crippen molar-refractivity contribution in [2.45, 2.75) is 12.6 Å². The molecule has 3 nitrogen and oxygen atoms in total. The van der Waals surface area contributed by atoms with Gasteiger partial charge in [-0.2, -0.15) is 0 Å². The van der Waals surface area contributed by atoms with Crippen molar-refractivity contribution in [1.29, 1.82) is 0 Å². The molecule has 0 radical (unpaired) electrons. The number of nitrogens with zero attached hydrogens (tertiary/aromatic N) is 1. The Kier molecular flexibility index (Phi) is 4.31. The molecule has 1 amide bonds. The van der Waals surface area contributed by atoms with Crippen molar-refractivity contribution in [3.8, 4) is 0 Å². The van der Waals surface area contributed by atoms with Crippen LogP contribution in [-0.2, 0) is 11.3 Å². The average Bonchev–Trinajstić information content (AvgIpc) is 2.47. The summed E-state index contributed by atoms with van der Waals surface area (Å²) < 4.78 is 0. The first-order valence-corrected chi connectivity index (χ1v) is 6.20. The predicted molar refractivity (Wildman–Crippen MR) is 74.3 cm³/mol. The Bertz CT molecular complexity index is 525. The molecule has 0 fully saturated rings. The maximum Gasteiger partial charge on any atom is 0.256 e. The van der Waals surface area contributed by atoms with Crippen LogP contribution in [0.5, 0.6) is 0 Å². The molecule has 0 saturated heterocycles. The number of likely N-dealkylation sites (N-methyl/N-ethyl adjacent to an activating group) is 1. The van der Waals surface area contributed by atoms with E-state index in [0.29, 0.717) is 12.1 Å². The minimum atomic E-state index is -1.10. The Hall–Kier alpha value is -2.13. The molecular weight excluding hydrogens is 238 g/mol. The molecule has 0 spiro atoms. The van der Waals surface area contributed by atoms with Crippen molar-refractivity contribution in [3.63, 3.8) is 0 Å². The number of rotatable bonds is 4. The number of amides is 1. The number of carbonyl (C=O) groups excluding carboxylic acids is 1. The molecule has 0 bridgehead atoms. The molecule has 0 heterocycles. The largest absolute Gasteiger partial charge is 0.378 e. The van der Waals surface area contributed by atoms with Crippen LogP contribution < -0.4 is 0 Å². The quantitative estimate of drug-likeness (QED) is 0.911. The maximum atomic E-state index is 12.1. The Labute approximate surface area is 113 Å². The Morgan fingerprint density at radius 2 is 1.58 bits per heavy atom. The molecule has 0 saturated carbocycles. The van der Waals surface area contributed by atoms with Crippen LogP contribution in [0.3, 0.4) is 0 Å². The van der Waals surface area contributed by atoms with E-state index in [2.05, 4.69) is 0 Å². The highest BCUT2D eigenvalue weighted by Gasteiger charge is 2.20. The lowest BCUT2D eigenvalue weighted by Crippen LogP contribution is -2.31. The lowest BCUT2D eigenvalue weighted by Gasteiger charge is -2.21. The van der Waals surface area contributed by atoms with Gasteiger partial charge in [0, 0.05) is 13.6 Å². The van der Waals surface area contributed by atoms with Crippen molar-refractivity contribution in [2.24, 2.45) is 0 Å². The monoisotopic (exact) mass is 255 g/mol. The second kappa shape index (κ2) is 6.16. The Morgan fingerprint density at radius 1 is 1.05 bits per heavy atom. The van der Waals surface area contributed by atoms with Gasteiger partial charge in [0.05, 0.1) is 0 Å². The molecule has 1 unspecified atom stereocenters. The highest BCUT2D eigenvalue weighted by atomic mass is 16.3. The van der Waals surface area contributed by atoms with E-state index in [0.717, 1.165) is 5.56 Å². The Morgan fingerprint density at radius 3 is 2.16 bits per heavy atom. The number of benzene rings is 2. The summed E-state index contributed by atoms with van der Waals surface area (Å²) in [6.45, 7) is 0.490. The fourth-order valence-corrected chi connectivity index (χ4v) is 1.92. The minimum absolute atomic E-state index is 0.296. The van der Waals surface area contributed by atoms with Gasteiger partial charge in [-0.3, -0.25) is 4.79 Å². The van der Waals surface area contributed by atoms with Gasteiger partial charge in [-0.1, -0.05) is 60.7 Å². The first-order valence-electron chi connectivity index (χ1n) is 6.20. The molecule has 0 aliphatic carbocycles. The van der Waals surface area contributed by atoms with E-state index in [9.17, 15) is 9.90 Å². The summed E-state index contributed by atoms with van der Waals surface area (Å²) in [5, 5.41) is 10.0. The number of aliphatic hydroxyl groups excluding tert-OH is 1. The van der Waals surface area contributed by atoms with Crippen molar-refractivity contribution in [3.05, 3.63) is 71.8 Å². The normalized spacial score (nSPS) is 11.9. The number of hydrogen-bond acceptors (Lipinski definition) is 2. The van der Waals surface area contributed by atoms with Crippen LogP contribution in [-0.4, -0.2) is 23.0 Å². The van der Waals surface area contributed by atoms with Crippen LogP contribution in [0.4, 0.5) is 0 Å². The molecule has 3 heteroatoms. The Balaban J connectivity index is 2.03. The fraction of sp³-hybridized carbons (Fsp3) is 0.188. The van der Waals surface area contributed by atoms with Crippen molar-refractivity contribution in [1.82, 2.24) is 4.90 Å². The van der Waals surface area contributed by atoms with E-state index in [4.69, 9.17) is 0 Å². The van der Waals surface area contributed by atoms with Gasteiger partial charge in [0.1, 0.15) is 0 Å². The standard InChI is InChI=1S/C16H17NO2/c1-17(12-13-8-4-2-5-9-13)16(19)15(18)14-10-6-3-7-11-14/h2-11,15,18H,12H2,1H3. The lowest BCUT2D eigenvalue weighted by atomic mass is 10.1. The SMILES string of the molecule is CN(Cc1ccccc1)C(=O)C(O)c1ccccc1. The van der Waals surface area contributed by atoms with Crippen LogP contribution >= 0.6 is 0 Å². The van der Waals surface area contributed by atoms with Gasteiger partial charge >= 0.3 is 0 Å². The van der Waals surface area contributed by atoms with Crippen molar-refractivity contribution < 1.29 is 9.90 Å². The highest BCUT2D eigenvalue weighted by molar-refractivity contribution is 5.81. The van der Waals surface area contributed by atoms with Crippen molar-refractivity contribution in [2.75, 3.05) is 7.05 Å². The number of aliphatic hydroxyl groups is 1. The van der Waals surface area contributed by atoms with Gasteiger partial charge in [0.2, 0.25) is 0 Å². The molecule has 2 aromatic carbocycles. The van der Waals surface area contributed by atoms with E-state index in [1.807, 2.05) is 48.5 Å². The summed E-state index contributed by atoms with van der Waals surface area (Å²) in [6.07, 6.45) is -1.10. The lowest BCUT2D eigenvalue weighted by molar-refractivity contribution is -0.139. The van der Waals surface area contributed by atoms with Gasteiger partial charge in [-0.25, -0.2) is 0 Å². The molecule has 2 aromatic rings. The van der Waals surface area contributed by atoms with Crippen LogP contribution in [0.2, 0.25) is 0 Å². The van der Waals surface area contributed by atoms with Crippen LogP contribution in [0.15, 0.2) is 60.7 Å². The third-order valence-electron chi connectivity index (χ3n) is 2.99. The zero-order valence-electron chi connectivity index (χ0n) is 10.9. The molecule has 1 atom stereocenters. The molecule has 0 aromatic heterocycles. The molecule has 0 aliphatic rings. The molecule has 1 N–H and O–H groups in total. The third-order valence-corrected chi connectivity index (χ3v) is 2.99. The predicted octanol–water partition coefficient (Wildman–Crippen LogP) is 2.38.